The molecule has 1 aromatic rings. The average molecular weight is 210 g/mol. The predicted molar refractivity (Wildman–Crippen MR) is 57.3 cm³/mol. The fourth-order valence-electron chi connectivity index (χ4n) is 1.26. The molecule has 0 saturated heterocycles. The maximum atomic E-state index is 11.4. The predicted octanol–water partition coefficient (Wildman–Crippen LogP) is 0.784. The summed E-state index contributed by atoms with van der Waals surface area (Å²) in [6, 6.07) is 3.11. The molecule has 0 spiro atoms. The largest absolute Gasteiger partial charge is 0.465 e. The van der Waals surface area contributed by atoms with E-state index in [9.17, 15) is 4.79 Å². The number of esters is 1. The molecule has 5 nitrogen and oxygen atoms in total. The van der Waals surface area contributed by atoms with Gasteiger partial charge < -0.3 is 20.9 Å². The van der Waals surface area contributed by atoms with Crippen LogP contribution in [0.15, 0.2) is 12.1 Å². The number of nitrogens with two attached hydrogens (primary N) is 2. The summed E-state index contributed by atoms with van der Waals surface area (Å²) in [5, 5.41) is 0. The summed E-state index contributed by atoms with van der Waals surface area (Å²) in [6.45, 7) is 0.287. The fraction of sp³-hybridized carbons (Fsp3) is 0.300. The van der Waals surface area contributed by atoms with Crippen LogP contribution >= 0.6 is 0 Å². The molecular weight excluding hydrogens is 196 g/mol. The maximum absolute atomic E-state index is 11.4. The molecule has 0 amide bonds. The van der Waals surface area contributed by atoms with E-state index in [1.54, 1.807) is 6.07 Å². The first-order chi connectivity index (χ1) is 7.10. The van der Waals surface area contributed by atoms with Crippen LogP contribution in [0.4, 0.5) is 11.4 Å². The van der Waals surface area contributed by atoms with Gasteiger partial charge in [-0.05, 0) is 17.7 Å². The number of benzene rings is 1. The topological polar surface area (TPSA) is 87.6 Å². The molecule has 0 heterocycles. The van der Waals surface area contributed by atoms with Gasteiger partial charge in [-0.15, -0.1) is 0 Å². The molecule has 1 aromatic carbocycles. The first-order valence-electron chi connectivity index (χ1n) is 4.35. The molecule has 0 aliphatic heterocycles. The average Bonchev–Trinajstić information content (AvgIpc) is 2.22. The Kier molecular flexibility index (Phi) is 3.51. The number of anilines is 2. The highest BCUT2D eigenvalue weighted by Gasteiger charge is 2.13. The van der Waals surface area contributed by atoms with Crippen molar-refractivity contribution in [2.45, 2.75) is 6.61 Å². The zero-order chi connectivity index (χ0) is 11.4. The third-order valence-corrected chi connectivity index (χ3v) is 2.01. The minimum atomic E-state index is -0.450. The van der Waals surface area contributed by atoms with E-state index in [2.05, 4.69) is 4.74 Å². The van der Waals surface area contributed by atoms with E-state index < -0.39 is 5.97 Å². The Bertz CT molecular complexity index is 377. The number of hydrogen-bond donors (Lipinski definition) is 2. The Balaban J connectivity index is 3.21. The molecule has 4 N–H and O–H groups in total. The van der Waals surface area contributed by atoms with E-state index in [-0.39, 0.29) is 6.61 Å². The second kappa shape index (κ2) is 4.65. The van der Waals surface area contributed by atoms with Crippen molar-refractivity contribution in [3.8, 4) is 0 Å². The smallest absolute Gasteiger partial charge is 0.338 e. The van der Waals surface area contributed by atoms with Gasteiger partial charge in [-0.1, -0.05) is 0 Å². The van der Waals surface area contributed by atoms with Crippen molar-refractivity contribution >= 4 is 17.3 Å². The second-order valence-corrected chi connectivity index (χ2v) is 3.06. The Morgan fingerprint density at radius 2 is 1.87 bits per heavy atom. The summed E-state index contributed by atoms with van der Waals surface area (Å²) in [5.41, 5.74) is 13.1. The van der Waals surface area contributed by atoms with Gasteiger partial charge in [0.2, 0.25) is 0 Å². The summed E-state index contributed by atoms with van der Waals surface area (Å²) in [4.78, 5) is 11.4. The number of hydrogen-bond acceptors (Lipinski definition) is 5. The fourth-order valence-corrected chi connectivity index (χ4v) is 1.26. The first-order valence-corrected chi connectivity index (χ1v) is 4.35. The van der Waals surface area contributed by atoms with Gasteiger partial charge in [0.1, 0.15) is 0 Å². The minimum Gasteiger partial charge on any atom is -0.465 e. The summed E-state index contributed by atoms with van der Waals surface area (Å²) >= 11 is 0. The quantitative estimate of drug-likeness (QED) is 0.568. The van der Waals surface area contributed by atoms with Crippen LogP contribution in [-0.2, 0) is 16.1 Å². The van der Waals surface area contributed by atoms with Gasteiger partial charge in [-0.3, -0.25) is 0 Å². The molecule has 0 aliphatic carbocycles. The summed E-state index contributed by atoms with van der Waals surface area (Å²) in [5.74, 6) is -0.450. The normalized spacial score (nSPS) is 10.0. The lowest BCUT2D eigenvalue weighted by molar-refractivity contribution is 0.0596. The lowest BCUT2D eigenvalue weighted by atomic mass is 10.1. The highest BCUT2D eigenvalue weighted by Crippen LogP contribution is 2.22. The molecule has 0 aliphatic rings. The summed E-state index contributed by atoms with van der Waals surface area (Å²) in [6.07, 6.45) is 0. The number of carbonyl (C=O) groups is 1. The van der Waals surface area contributed by atoms with Crippen molar-refractivity contribution in [1.82, 2.24) is 0 Å². The number of nitrogen functional groups attached to an aromatic ring is 2. The Morgan fingerprint density at radius 3 is 2.40 bits per heavy atom. The number of rotatable bonds is 3. The highest BCUT2D eigenvalue weighted by atomic mass is 16.5. The van der Waals surface area contributed by atoms with Gasteiger partial charge in [0.25, 0.3) is 0 Å². The second-order valence-electron chi connectivity index (χ2n) is 3.06. The van der Waals surface area contributed by atoms with Crippen LogP contribution in [0, 0.1) is 0 Å². The highest BCUT2D eigenvalue weighted by molar-refractivity contribution is 5.93. The molecular formula is C10H14N2O3. The molecule has 0 unspecified atom stereocenters. The Morgan fingerprint density at radius 1 is 1.27 bits per heavy atom. The van der Waals surface area contributed by atoms with Crippen LogP contribution in [0.1, 0.15) is 15.9 Å². The SMILES string of the molecule is COCc1cc(N)c(N)cc1C(=O)OC. The van der Waals surface area contributed by atoms with E-state index in [0.29, 0.717) is 22.5 Å². The zero-order valence-electron chi connectivity index (χ0n) is 8.74. The van der Waals surface area contributed by atoms with Gasteiger partial charge in [0, 0.05) is 7.11 Å². The summed E-state index contributed by atoms with van der Waals surface area (Å²) < 4.78 is 9.58. The molecule has 15 heavy (non-hydrogen) atoms. The monoisotopic (exact) mass is 210 g/mol. The first kappa shape index (κ1) is 11.3. The molecule has 1 rings (SSSR count). The molecule has 0 aromatic heterocycles. The van der Waals surface area contributed by atoms with E-state index in [4.69, 9.17) is 16.2 Å². The molecule has 5 heteroatoms. The van der Waals surface area contributed by atoms with Crippen molar-refractivity contribution in [3.63, 3.8) is 0 Å². The summed E-state index contributed by atoms with van der Waals surface area (Å²) in [7, 11) is 2.85. The van der Waals surface area contributed by atoms with Crippen LogP contribution in [0.25, 0.3) is 0 Å². The Labute approximate surface area is 88.0 Å². The van der Waals surface area contributed by atoms with E-state index >= 15 is 0 Å². The molecule has 0 radical (unpaired) electrons. The maximum Gasteiger partial charge on any atom is 0.338 e. The van der Waals surface area contributed by atoms with Gasteiger partial charge in [-0.25, -0.2) is 4.79 Å². The number of carbonyl (C=O) groups excluding carboxylic acids is 1. The minimum absolute atomic E-state index is 0.287. The van der Waals surface area contributed by atoms with Gasteiger partial charge >= 0.3 is 5.97 Å². The molecule has 0 fully saturated rings. The van der Waals surface area contributed by atoms with Crippen molar-refractivity contribution in [3.05, 3.63) is 23.3 Å². The van der Waals surface area contributed by atoms with Crippen LogP contribution in [-0.4, -0.2) is 20.2 Å². The zero-order valence-corrected chi connectivity index (χ0v) is 8.74. The number of ether oxygens (including phenoxy) is 2. The standard InChI is InChI=1S/C10H14N2O3/c1-14-5-6-3-8(11)9(12)4-7(6)10(13)15-2/h3-4H,5,11-12H2,1-2H3. The van der Waals surface area contributed by atoms with E-state index in [1.165, 1.54) is 20.3 Å². The number of methoxy groups -OCH3 is 2. The van der Waals surface area contributed by atoms with Crippen LogP contribution in [0.2, 0.25) is 0 Å². The van der Waals surface area contributed by atoms with Crippen LogP contribution in [0.3, 0.4) is 0 Å². The van der Waals surface area contributed by atoms with Crippen molar-refractivity contribution in [2.24, 2.45) is 0 Å². The molecule has 0 saturated carbocycles. The van der Waals surface area contributed by atoms with E-state index in [0.717, 1.165) is 0 Å². The van der Waals surface area contributed by atoms with Gasteiger partial charge in [-0.2, -0.15) is 0 Å². The molecule has 0 atom stereocenters. The van der Waals surface area contributed by atoms with Gasteiger partial charge in [0.15, 0.2) is 0 Å². The van der Waals surface area contributed by atoms with E-state index in [1.807, 2.05) is 0 Å². The van der Waals surface area contributed by atoms with Crippen LogP contribution in [0.5, 0.6) is 0 Å². The van der Waals surface area contributed by atoms with Crippen LogP contribution < -0.4 is 11.5 Å². The third-order valence-electron chi connectivity index (χ3n) is 2.01. The third kappa shape index (κ3) is 2.38. The molecule has 82 valence electrons. The lowest BCUT2D eigenvalue weighted by Crippen LogP contribution is -2.09. The van der Waals surface area contributed by atoms with Crippen molar-refractivity contribution < 1.29 is 14.3 Å². The van der Waals surface area contributed by atoms with Crippen molar-refractivity contribution in [2.75, 3.05) is 25.7 Å². The van der Waals surface area contributed by atoms with Crippen molar-refractivity contribution in [1.29, 1.82) is 0 Å². The lowest BCUT2D eigenvalue weighted by Gasteiger charge is -2.10. The molecule has 0 bridgehead atoms. The Hall–Kier alpha value is -1.75. The van der Waals surface area contributed by atoms with Gasteiger partial charge in [0.05, 0.1) is 30.7 Å².